The first-order valence-corrected chi connectivity index (χ1v) is 13.6. The number of nitrogens with zero attached hydrogens (tertiary/aromatic N) is 2. The van der Waals surface area contributed by atoms with Crippen molar-refractivity contribution in [2.75, 3.05) is 40.2 Å². The topological polar surface area (TPSA) is 93.5 Å². The minimum Gasteiger partial charge on any atom is -0.493 e. The molecule has 2 aromatic carbocycles. The number of carbonyl (C=O) groups is 2. The lowest BCUT2D eigenvalue weighted by Crippen LogP contribution is -2.61. The molecule has 0 unspecified atom stereocenters. The molecule has 0 saturated carbocycles. The number of nitrogens with one attached hydrogen (secondary N) is 1. The van der Waals surface area contributed by atoms with Gasteiger partial charge in [0.25, 0.3) is 5.91 Å². The van der Waals surface area contributed by atoms with Crippen LogP contribution in [0.5, 0.6) is 17.2 Å². The van der Waals surface area contributed by atoms with Crippen molar-refractivity contribution in [2.45, 2.75) is 22.7 Å². The lowest BCUT2D eigenvalue weighted by molar-refractivity contribution is -0.138. The van der Waals surface area contributed by atoms with E-state index in [0.29, 0.717) is 44.1 Å². The molecule has 9 nitrogen and oxygen atoms in total. The van der Waals surface area contributed by atoms with Gasteiger partial charge < -0.3 is 23.9 Å². The maximum atomic E-state index is 14.8. The summed E-state index contributed by atoms with van der Waals surface area (Å²) in [4.78, 5) is 32.3. The van der Waals surface area contributed by atoms with Gasteiger partial charge in [-0.1, -0.05) is 24.0 Å². The van der Waals surface area contributed by atoms with Crippen LogP contribution >= 0.6 is 24.0 Å². The van der Waals surface area contributed by atoms with Crippen molar-refractivity contribution in [2.24, 2.45) is 0 Å². The number of furan rings is 1. The van der Waals surface area contributed by atoms with Crippen LogP contribution in [0.2, 0.25) is 0 Å². The molecular weight excluding hydrogens is 557 g/mol. The Labute approximate surface area is 239 Å². The lowest BCUT2D eigenvalue weighted by atomic mass is 9.72. The standard InChI is InChI=1S/C28H26FN3O6S2/c1-31-14-19(15-10-21(35-2)23(37-4)22(11-15)36-3)28(25(34)32(26(39)40-28)13-17-6-5-9-38-17)27(31)18-12-16(29)7-8-20(18)30-24(27)33/h5-12,19H,13-14H2,1-4H3,(H,30,33)/t19-,27+,28-/m0/s1. The Hall–Kier alpha value is -3.61. The predicted molar refractivity (Wildman–Crippen MR) is 150 cm³/mol. The van der Waals surface area contributed by atoms with Crippen LogP contribution in [-0.2, 0) is 21.7 Å². The first kappa shape index (κ1) is 26.6. The summed E-state index contributed by atoms with van der Waals surface area (Å²) in [6.07, 6.45) is 1.52. The molecule has 2 fully saturated rings. The van der Waals surface area contributed by atoms with Crippen LogP contribution in [0, 0.1) is 5.82 Å². The minimum absolute atomic E-state index is 0.0960. The first-order valence-electron chi connectivity index (χ1n) is 12.4. The summed E-state index contributed by atoms with van der Waals surface area (Å²) in [7, 11) is 6.30. The highest BCUT2D eigenvalue weighted by Gasteiger charge is 2.77. The number of thiocarbonyl (C=S) groups is 1. The van der Waals surface area contributed by atoms with Gasteiger partial charge in [0.2, 0.25) is 11.7 Å². The molecule has 0 aliphatic carbocycles. The number of rotatable bonds is 6. The molecule has 3 aliphatic rings. The summed E-state index contributed by atoms with van der Waals surface area (Å²) in [5, 5.41) is 2.91. The molecule has 40 heavy (non-hydrogen) atoms. The second kappa shape index (κ2) is 9.50. The van der Waals surface area contributed by atoms with Gasteiger partial charge in [-0.25, -0.2) is 4.39 Å². The van der Waals surface area contributed by atoms with E-state index in [1.54, 1.807) is 31.3 Å². The van der Waals surface area contributed by atoms with Gasteiger partial charge in [-0.3, -0.25) is 19.4 Å². The summed E-state index contributed by atoms with van der Waals surface area (Å²) in [6.45, 7) is 0.372. The second-order valence-corrected chi connectivity index (χ2v) is 11.7. The van der Waals surface area contributed by atoms with Crippen LogP contribution in [0.1, 0.15) is 22.8 Å². The Bertz CT molecular complexity index is 1520. The molecule has 208 valence electrons. The Morgan fingerprint density at radius 1 is 1.12 bits per heavy atom. The third-order valence-electron chi connectivity index (χ3n) is 8.02. The van der Waals surface area contributed by atoms with E-state index in [1.807, 2.05) is 4.90 Å². The summed E-state index contributed by atoms with van der Waals surface area (Å²) in [5.41, 5.74) is -0.0519. The van der Waals surface area contributed by atoms with Crippen LogP contribution in [0.25, 0.3) is 0 Å². The SMILES string of the molecule is COc1cc([C@@H]2CN(C)[C@]3(C(=O)Nc4ccc(F)cc43)[C@]23SC(=S)N(Cc2ccco2)C3=O)cc(OC)c1OC. The van der Waals surface area contributed by atoms with Crippen molar-refractivity contribution in [3.63, 3.8) is 0 Å². The van der Waals surface area contributed by atoms with E-state index >= 15 is 0 Å². The monoisotopic (exact) mass is 583 g/mol. The van der Waals surface area contributed by atoms with E-state index in [2.05, 4.69) is 5.32 Å². The number of thioether (sulfide) groups is 1. The quantitative estimate of drug-likeness (QED) is 0.430. The molecule has 3 aromatic rings. The van der Waals surface area contributed by atoms with Gasteiger partial charge >= 0.3 is 0 Å². The fourth-order valence-corrected chi connectivity index (χ4v) is 8.52. The molecule has 3 aliphatic heterocycles. The first-order chi connectivity index (χ1) is 19.2. The number of anilines is 1. The molecule has 2 amide bonds. The van der Waals surface area contributed by atoms with E-state index < -0.39 is 27.9 Å². The molecule has 1 aromatic heterocycles. The predicted octanol–water partition coefficient (Wildman–Crippen LogP) is 4.12. The highest BCUT2D eigenvalue weighted by atomic mass is 32.2. The van der Waals surface area contributed by atoms with Crippen molar-refractivity contribution in [1.29, 1.82) is 0 Å². The van der Waals surface area contributed by atoms with Gasteiger partial charge in [-0.05, 0) is 55.1 Å². The maximum Gasteiger partial charge on any atom is 0.251 e. The zero-order valence-electron chi connectivity index (χ0n) is 22.1. The summed E-state index contributed by atoms with van der Waals surface area (Å²) < 4.78 is 35.9. The Morgan fingerprint density at radius 2 is 1.85 bits per heavy atom. The van der Waals surface area contributed by atoms with E-state index in [1.165, 1.54) is 50.7 Å². The molecule has 3 atom stereocenters. The molecular formula is C28H26FN3O6S2. The molecule has 2 spiro atoms. The Kier molecular flexibility index (Phi) is 6.32. The largest absolute Gasteiger partial charge is 0.493 e. The normalized spacial score (nSPS) is 25.7. The smallest absolute Gasteiger partial charge is 0.251 e. The zero-order chi connectivity index (χ0) is 28.4. The van der Waals surface area contributed by atoms with Gasteiger partial charge in [-0.2, -0.15) is 0 Å². The number of carbonyl (C=O) groups excluding carboxylic acids is 2. The number of ether oxygens (including phenoxy) is 3. The van der Waals surface area contributed by atoms with Crippen LogP contribution in [0.3, 0.4) is 0 Å². The molecule has 12 heteroatoms. The average Bonchev–Trinajstić information content (AvgIpc) is 3.68. The van der Waals surface area contributed by atoms with Gasteiger partial charge in [-0.15, -0.1) is 0 Å². The van der Waals surface area contributed by atoms with Crippen LogP contribution < -0.4 is 19.5 Å². The number of likely N-dealkylation sites (tertiary alicyclic amines) is 1. The van der Waals surface area contributed by atoms with Crippen LogP contribution in [0.15, 0.2) is 53.1 Å². The van der Waals surface area contributed by atoms with Gasteiger partial charge in [0, 0.05) is 23.7 Å². The van der Waals surface area contributed by atoms with E-state index in [0.717, 1.165) is 11.8 Å². The number of halogens is 1. The highest BCUT2D eigenvalue weighted by molar-refractivity contribution is 8.25. The molecule has 1 N–H and O–H groups in total. The Balaban J connectivity index is 1.61. The number of benzene rings is 2. The van der Waals surface area contributed by atoms with Crippen molar-refractivity contribution >= 4 is 45.8 Å². The van der Waals surface area contributed by atoms with Gasteiger partial charge in [0.05, 0.1) is 34.1 Å². The minimum atomic E-state index is -1.57. The van der Waals surface area contributed by atoms with Crippen molar-refractivity contribution in [1.82, 2.24) is 9.80 Å². The van der Waals surface area contributed by atoms with Crippen molar-refractivity contribution in [3.05, 3.63) is 71.4 Å². The maximum absolute atomic E-state index is 14.8. The molecule has 0 radical (unpaired) electrons. The molecule has 6 rings (SSSR count). The summed E-state index contributed by atoms with van der Waals surface area (Å²) >= 11 is 6.95. The summed E-state index contributed by atoms with van der Waals surface area (Å²) in [6, 6.07) is 11.2. The van der Waals surface area contributed by atoms with Crippen LogP contribution in [0.4, 0.5) is 10.1 Å². The highest BCUT2D eigenvalue weighted by Crippen LogP contribution is 2.66. The van der Waals surface area contributed by atoms with E-state index in [9.17, 15) is 14.0 Å². The van der Waals surface area contributed by atoms with Crippen molar-refractivity contribution in [3.8, 4) is 17.2 Å². The third kappa shape index (κ3) is 3.39. The van der Waals surface area contributed by atoms with Gasteiger partial charge in [0.15, 0.2) is 17.0 Å². The number of methoxy groups -OCH3 is 3. The number of amides is 2. The average molecular weight is 584 g/mol. The number of fused-ring (bicyclic) bond motifs is 3. The molecule has 4 heterocycles. The lowest BCUT2D eigenvalue weighted by Gasteiger charge is -2.41. The van der Waals surface area contributed by atoms with E-state index in [4.69, 9.17) is 30.8 Å². The molecule has 2 saturated heterocycles. The van der Waals surface area contributed by atoms with Crippen molar-refractivity contribution < 1.29 is 32.6 Å². The number of hydrogen-bond donors (Lipinski definition) is 1. The fraction of sp³-hybridized carbons (Fsp3) is 0.321. The Morgan fingerprint density at radius 3 is 2.48 bits per heavy atom. The van der Waals surface area contributed by atoms with Gasteiger partial charge in [0.1, 0.15) is 20.6 Å². The third-order valence-corrected chi connectivity index (χ3v) is 9.96. The summed E-state index contributed by atoms with van der Waals surface area (Å²) in [5.74, 6) is -0.145. The van der Waals surface area contributed by atoms with E-state index in [-0.39, 0.29) is 19.0 Å². The zero-order valence-corrected chi connectivity index (χ0v) is 23.8. The second-order valence-electron chi connectivity index (χ2n) is 9.82. The fourth-order valence-electron chi connectivity index (χ4n) is 6.39. The molecule has 0 bridgehead atoms. The number of likely N-dealkylation sites (N-methyl/N-ethyl adjacent to an activating group) is 1. The van der Waals surface area contributed by atoms with Crippen LogP contribution in [-0.4, -0.2) is 65.6 Å². The number of hydrogen-bond acceptors (Lipinski definition) is 9.